The molecule has 3 aliphatic rings. The number of hydrogen-bond acceptors (Lipinski definition) is 2. The number of carboxylic acids is 1. The number of fused-ring (bicyclic) bond motifs is 2. The Balaban J connectivity index is 1.79. The number of allylic oxidation sites excluding steroid dienone is 2. The van der Waals surface area contributed by atoms with E-state index in [1.165, 1.54) is 0 Å². The van der Waals surface area contributed by atoms with Crippen molar-refractivity contribution in [2.45, 2.75) is 26.7 Å². The predicted molar refractivity (Wildman–Crippen MR) is 74.9 cm³/mol. The maximum Gasteiger partial charge on any atom is 0.307 e. The number of amides is 1. The van der Waals surface area contributed by atoms with Crippen LogP contribution in [0.15, 0.2) is 12.2 Å². The molecule has 1 heterocycles. The minimum Gasteiger partial charge on any atom is -0.481 e. The van der Waals surface area contributed by atoms with E-state index >= 15 is 0 Å². The molecule has 1 aliphatic heterocycles. The Bertz CT molecular complexity index is 449. The van der Waals surface area contributed by atoms with Crippen molar-refractivity contribution in [2.75, 3.05) is 13.1 Å². The topological polar surface area (TPSA) is 57.6 Å². The molecule has 2 bridgehead atoms. The number of nitrogens with zero attached hydrogens (tertiary/aromatic N) is 1. The first-order valence-electron chi connectivity index (χ1n) is 7.67. The van der Waals surface area contributed by atoms with Crippen LogP contribution in [0, 0.1) is 35.5 Å². The molecule has 6 atom stereocenters. The Morgan fingerprint density at radius 3 is 2.10 bits per heavy atom. The van der Waals surface area contributed by atoms with Gasteiger partial charge in [-0.15, -0.1) is 0 Å². The summed E-state index contributed by atoms with van der Waals surface area (Å²) in [5.41, 5.74) is 0. The lowest BCUT2D eigenvalue weighted by Crippen LogP contribution is -2.48. The Morgan fingerprint density at radius 1 is 1.00 bits per heavy atom. The van der Waals surface area contributed by atoms with E-state index in [-0.39, 0.29) is 23.7 Å². The number of carbonyl (C=O) groups is 2. The highest BCUT2D eigenvalue weighted by molar-refractivity contribution is 5.87. The number of aliphatic carboxylic acids is 1. The molecule has 0 unspecified atom stereocenters. The average molecular weight is 277 g/mol. The summed E-state index contributed by atoms with van der Waals surface area (Å²) in [5, 5.41) is 9.45. The van der Waals surface area contributed by atoms with Crippen molar-refractivity contribution in [2.24, 2.45) is 35.5 Å². The summed E-state index contributed by atoms with van der Waals surface area (Å²) in [7, 11) is 0. The molecule has 1 saturated carbocycles. The molecule has 1 amide bonds. The van der Waals surface area contributed by atoms with Crippen molar-refractivity contribution in [1.29, 1.82) is 0 Å². The van der Waals surface area contributed by atoms with Crippen LogP contribution in [0.3, 0.4) is 0 Å². The van der Waals surface area contributed by atoms with Crippen LogP contribution in [0.2, 0.25) is 0 Å². The zero-order chi connectivity index (χ0) is 14.4. The van der Waals surface area contributed by atoms with E-state index < -0.39 is 11.9 Å². The molecule has 0 radical (unpaired) electrons. The molecule has 110 valence electrons. The second-order valence-electron chi connectivity index (χ2n) is 7.03. The van der Waals surface area contributed by atoms with Crippen LogP contribution in [0.25, 0.3) is 0 Å². The SMILES string of the molecule is C[C@H]1C[C@H](C)CN(C(=O)[C@H]2[C@@H](C(=O)O)[C@H]3C=C[C@H]2C3)C1. The van der Waals surface area contributed by atoms with E-state index in [9.17, 15) is 14.7 Å². The average Bonchev–Trinajstić information content (AvgIpc) is 2.96. The van der Waals surface area contributed by atoms with E-state index in [1.54, 1.807) is 0 Å². The third kappa shape index (κ3) is 2.15. The third-order valence-electron chi connectivity index (χ3n) is 5.21. The van der Waals surface area contributed by atoms with Crippen LogP contribution in [-0.4, -0.2) is 35.0 Å². The summed E-state index contributed by atoms with van der Waals surface area (Å²) in [6.45, 7) is 5.91. The molecule has 2 fully saturated rings. The fourth-order valence-electron chi connectivity index (χ4n) is 4.55. The molecule has 20 heavy (non-hydrogen) atoms. The number of carboxylic acid groups (broad SMARTS) is 1. The number of carbonyl (C=O) groups excluding carboxylic acids is 1. The molecule has 0 spiro atoms. The van der Waals surface area contributed by atoms with Gasteiger partial charge in [-0.25, -0.2) is 0 Å². The van der Waals surface area contributed by atoms with Gasteiger partial charge in [0.05, 0.1) is 11.8 Å². The van der Waals surface area contributed by atoms with Crippen molar-refractivity contribution in [3.8, 4) is 0 Å². The van der Waals surface area contributed by atoms with Crippen molar-refractivity contribution in [1.82, 2.24) is 4.90 Å². The van der Waals surface area contributed by atoms with Gasteiger partial charge in [-0.05, 0) is 36.5 Å². The first-order chi connectivity index (χ1) is 9.47. The lowest BCUT2D eigenvalue weighted by Gasteiger charge is -2.38. The van der Waals surface area contributed by atoms with E-state index in [0.717, 1.165) is 25.9 Å². The summed E-state index contributed by atoms with van der Waals surface area (Å²) >= 11 is 0. The van der Waals surface area contributed by atoms with Crippen LogP contribution < -0.4 is 0 Å². The quantitative estimate of drug-likeness (QED) is 0.786. The van der Waals surface area contributed by atoms with Crippen molar-refractivity contribution >= 4 is 11.9 Å². The highest BCUT2D eigenvalue weighted by Crippen LogP contribution is 2.49. The number of likely N-dealkylation sites (tertiary alicyclic amines) is 1. The van der Waals surface area contributed by atoms with Crippen LogP contribution >= 0.6 is 0 Å². The van der Waals surface area contributed by atoms with Crippen molar-refractivity contribution < 1.29 is 14.7 Å². The first kappa shape index (κ1) is 13.7. The minimum absolute atomic E-state index is 0.0612. The van der Waals surface area contributed by atoms with Crippen LogP contribution in [-0.2, 0) is 9.59 Å². The van der Waals surface area contributed by atoms with E-state index in [4.69, 9.17) is 0 Å². The van der Waals surface area contributed by atoms with Gasteiger partial charge in [-0.1, -0.05) is 26.0 Å². The second kappa shape index (κ2) is 4.90. The highest BCUT2D eigenvalue weighted by Gasteiger charge is 2.52. The molecular formula is C16H23NO3. The lowest BCUT2D eigenvalue weighted by atomic mass is 9.81. The molecule has 1 N–H and O–H groups in total. The van der Waals surface area contributed by atoms with Gasteiger partial charge >= 0.3 is 5.97 Å². The Kier molecular flexibility index (Phi) is 3.35. The summed E-state index contributed by atoms with van der Waals surface area (Å²) in [4.78, 5) is 26.3. The van der Waals surface area contributed by atoms with Crippen LogP contribution in [0.5, 0.6) is 0 Å². The first-order valence-corrected chi connectivity index (χ1v) is 7.67. The van der Waals surface area contributed by atoms with E-state index in [0.29, 0.717) is 11.8 Å². The van der Waals surface area contributed by atoms with Crippen molar-refractivity contribution in [3.05, 3.63) is 12.2 Å². The Labute approximate surface area is 119 Å². The molecule has 0 aromatic rings. The summed E-state index contributed by atoms with van der Waals surface area (Å²) in [6.07, 6.45) is 6.05. The molecule has 3 rings (SSSR count). The van der Waals surface area contributed by atoms with E-state index in [2.05, 4.69) is 19.9 Å². The standard InChI is InChI=1S/C16H23NO3/c1-9-5-10(2)8-17(7-9)15(18)13-11-3-4-12(6-11)14(13)16(19)20/h3-4,9-14H,5-8H2,1-2H3,(H,19,20)/t9-,10-,11-,12-,13+,14-/m0/s1. The zero-order valence-corrected chi connectivity index (χ0v) is 12.2. The van der Waals surface area contributed by atoms with Gasteiger partial charge in [0.25, 0.3) is 0 Å². The fraction of sp³-hybridized carbons (Fsp3) is 0.750. The van der Waals surface area contributed by atoms with Gasteiger partial charge in [0.2, 0.25) is 5.91 Å². The number of hydrogen-bond donors (Lipinski definition) is 1. The maximum absolute atomic E-state index is 12.8. The van der Waals surface area contributed by atoms with Gasteiger partial charge < -0.3 is 10.0 Å². The Morgan fingerprint density at radius 2 is 1.55 bits per heavy atom. The summed E-state index contributed by atoms with van der Waals surface area (Å²) in [6, 6.07) is 0. The second-order valence-corrected chi connectivity index (χ2v) is 7.03. The molecular weight excluding hydrogens is 254 g/mol. The van der Waals surface area contributed by atoms with Crippen LogP contribution in [0.1, 0.15) is 26.7 Å². The molecule has 0 aromatic heterocycles. The van der Waals surface area contributed by atoms with Crippen LogP contribution in [0.4, 0.5) is 0 Å². The minimum atomic E-state index is -0.807. The van der Waals surface area contributed by atoms with Gasteiger partial charge in [-0.3, -0.25) is 9.59 Å². The van der Waals surface area contributed by atoms with Crippen molar-refractivity contribution in [3.63, 3.8) is 0 Å². The molecule has 4 nitrogen and oxygen atoms in total. The predicted octanol–water partition coefficient (Wildman–Crippen LogP) is 2.01. The smallest absolute Gasteiger partial charge is 0.307 e. The molecule has 4 heteroatoms. The Hall–Kier alpha value is -1.32. The normalized spacial score (nSPS) is 43.0. The largest absolute Gasteiger partial charge is 0.481 e. The monoisotopic (exact) mass is 277 g/mol. The maximum atomic E-state index is 12.8. The zero-order valence-electron chi connectivity index (χ0n) is 12.2. The summed E-state index contributed by atoms with van der Waals surface area (Å²) in [5.74, 6) is -0.344. The third-order valence-corrected chi connectivity index (χ3v) is 5.21. The molecule has 2 aliphatic carbocycles. The summed E-state index contributed by atoms with van der Waals surface area (Å²) < 4.78 is 0. The van der Waals surface area contributed by atoms with Gasteiger partial charge in [0, 0.05) is 13.1 Å². The van der Waals surface area contributed by atoms with Gasteiger partial charge in [0.1, 0.15) is 0 Å². The lowest BCUT2D eigenvalue weighted by molar-refractivity contribution is -0.152. The number of rotatable bonds is 2. The number of piperidine rings is 1. The van der Waals surface area contributed by atoms with Gasteiger partial charge in [-0.2, -0.15) is 0 Å². The van der Waals surface area contributed by atoms with E-state index in [1.807, 2.05) is 11.0 Å². The highest BCUT2D eigenvalue weighted by atomic mass is 16.4. The molecule has 1 saturated heterocycles. The fourth-order valence-corrected chi connectivity index (χ4v) is 4.55. The van der Waals surface area contributed by atoms with Gasteiger partial charge in [0.15, 0.2) is 0 Å². The molecule has 0 aromatic carbocycles.